The first-order chi connectivity index (χ1) is 14.2. The monoisotopic (exact) mass is 393 g/mol. The normalized spacial score (nSPS) is 25.0. The summed E-state index contributed by atoms with van der Waals surface area (Å²) in [6.45, 7) is 1.62. The molecule has 1 aromatic heterocycles. The Kier molecular flexibility index (Phi) is 5.15. The van der Waals surface area contributed by atoms with Crippen molar-refractivity contribution in [2.75, 3.05) is 6.54 Å². The molecule has 1 aromatic carbocycles. The molecule has 0 N–H and O–H groups in total. The zero-order valence-corrected chi connectivity index (χ0v) is 17.2. The molecule has 2 atom stereocenters. The fraction of sp³-hybridized carbons (Fsp3) is 0.625. The van der Waals surface area contributed by atoms with E-state index in [0.717, 1.165) is 51.0 Å². The highest BCUT2D eigenvalue weighted by atomic mass is 16.2. The minimum atomic E-state index is 0.0521. The van der Waals surface area contributed by atoms with Crippen molar-refractivity contribution in [3.05, 3.63) is 39.9 Å². The third-order valence-corrected chi connectivity index (χ3v) is 7.32. The minimum absolute atomic E-state index is 0.0521. The molecule has 1 amide bonds. The van der Waals surface area contributed by atoms with Crippen LogP contribution in [-0.2, 0) is 13.0 Å². The van der Waals surface area contributed by atoms with Gasteiger partial charge in [0.25, 0.3) is 11.5 Å². The van der Waals surface area contributed by atoms with Crippen molar-refractivity contribution in [2.45, 2.75) is 83.2 Å². The van der Waals surface area contributed by atoms with Gasteiger partial charge in [-0.2, -0.15) is 0 Å². The van der Waals surface area contributed by atoms with Crippen LogP contribution in [0.2, 0.25) is 0 Å². The van der Waals surface area contributed by atoms with Gasteiger partial charge in [0.15, 0.2) is 0 Å². The first-order valence-electron chi connectivity index (χ1n) is 11.6. The molecule has 29 heavy (non-hydrogen) atoms. The average Bonchev–Trinajstić information content (AvgIpc) is 2.74. The van der Waals surface area contributed by atoms with Gasteiger partial charge in [-0.1, -0.05) is 25.7 Å². The molecule has 3 heterocycles. The highest BCUT2D eigenvalue weighted by Gasteiger charge is 2.36. The number of fused-ring (bicyclic) bond motifs is 3. The molecule has 2 fully saturated rings. The third-order valence-electron chi connectivity index (χ3n) is 7.32. The van der Waals surface area contributed by atoms with E-state index in [0.29, 0.717) is 28.4 Å². The van der Waals surface area contributed by atoms with Crippen LogP contribution < -0.4 is 5.56 Å². The predicted octanol–water partition coefficient (Wildman–Crippen LogP) is 4.31. The van der Waals surface area contributed by atoms with Gasteiger partial charge < -0.3 is 4.90 Å². The van der Waals surface area contributed by atoms with Gasteiger partial charge in [0.05, 0.1) is 10.9 Å². The van der Waals surface area contributed by atoms with Crippen LogP contribution in [-0.4, -0.2) is 32.9 Å². The van der Waals surface area contributed by atoms with Crippen LogP contribution in [0.15, 0.2) is 23.0 Å². The van der Waals surface area contributed by atoms with Crippen molar-refractivity contribution in [1.29, 1.82) is 0 Å². The lowest BCUT2D eigenvalue weighted by atomic mass is 9.78. The second kappa shape index (κ2) is 7.92. The van der Waals surface area contributed by atoms with Crippen LogP contribution in [0.3, 0.4) is 0 Å². The summed E-state index contributed by atoms with van der Waals surface area (Å²) in [5.41, 5.74) is 1.42. The highest BCUT2D eigenvalue weighted by Crippen LogP contribution is 2.36. The fourth-order valence-corrected chi connectivity index (χ4v) is 5.77. The van der Waals surface area contributed by atoms with Crippen LogP contribution >= 0.6 is 0 Å². The van der Waals surface area contributed by atoms with E-state index in [4.69, 9.17) is 4.98 Å². The van der Waals surface area contributed by atoms with E-state index in [1.54, 1.807) is 0 Å². The van der Waals surface area contributed by atoms with Gasteiger partial charge in [0.2, 0.25) is 0 Å². The Labute approximate surface area is 172 Å². The molecule has 5 nitrogen and oxygen atoms in total. The number of aromatic nitrogens is 2. The maximum Gasteiger partial charge on any atom is 0.261 e. The molecule has 154 valence electrons. The van der Waals surface area contributed by atoms with Crippen molar-refractivity contribution >= 4 is 16.8 Å². The SMILES string of the molecule is O=C(c1ccc2c(=O)n3c(nc2c1)CCCCCC3)N1CCC[C@H]2CCCC[C@H]21. The second-order valence-corrected chi connectivity index (χ2v) is 9.13. The summed E-state index contributed by atoms with van der Waals surface area (Å²) in [5, 5.41) is 0.639. The topological polar surface area (TPSA) is 55.2 Å². The predicted molar refractivity (Wildman–Crippen MR) is 114 cm³/mol. The highest BCUT2D eigenvalue weighted by molar-refractivity contribution is 5.98. The quantitative estimate of drug-likeness (QED) is 0.725. The van der Waals surface area contributed by atoms with Gasteiger partial charge in [0, 0.05) is 31.1 Å². The molecule has 2 aromatic rings. The number of aryl methyl sites for hydroxylation is 1. The van der Waals surface area contributed by atoms with Crippen molar-refractivity contribution < 1.29 is 4.79 Å². The third kappa shape index (κ3) is 3.49. The summed E-state index contributed by atoms with van der Waals surface area (Å²) in [7, 11) is 0. The van der Waals surface area contributed by atoms with Gasteiger partial charge in [-0.25, -0.2) is 4.98 Å². The minimum Gasteiger partial charge on any atom is -0.335 e. The molecule has 5 heteroatoms. The number of rotatable bonds is 1. The van der Waals surface area contributed by atoms with Crippen molar-refractivity contribution in [3.63, 3.8) is 0 Å². The Morgan fingerprint density at radius 1 is 0.931 bits per heavy atom. The molecular weight excluding hydrogens is 362 g/mol. The Bertz CT molecular complexity index is 978. The number of hydrogen-bond acceptors (Lipinski definition) is 3. The molecule has 0 spiro atoms. The van der Waals surface area contributed by atoms with E-state index < -0.39 is 0 Å². The van der Waals surface area contributed by atoms with Gasteiger partial charge in [-0.3, -0.25) is 14.2 Å². The maximum atomic E-state index is 13.4. The number of amides is 1. The molecule has 3 aliphatic rings. The molecule has 2 aliphatic heterocycles. The zero-order chi connectivity index (χ0) is 19.8. The molecule has 1 saturated heterocycles. The summed E-state index contributed by atoms with van der Waals surface area (Å²) < 4.78 is 1.86. The van der Waals surface area contributed by atoms with E-state index in [2.05, 4.69) is 4.90 Å². The van der Waals surface area contributed by atoms with Gasteiger partial charge in [-0.05, 0) is 62.6 Å². The largest absolute Gasteiger partial charge is 0.335 e. The number of carbonyl (C=O) groups is 1. The molecule has 0 radical (unpaired) electrons. The Balaban J connectivity index is 1.50. The van der Waals surface area contributed by atoms with E-state index in [1.807, 2.05) is 22.8 Å². The van der Waals surface area contributed by atoms with Gasteiger partial charge in [0.1, 0.15) is 5.82 Å². The molecule has 0 unspecified atom stereocenters. The molecule has 1 saturated carbocycles. The molecular formula is C24H31N3O2. The van der Waals surface area contributed by atoms with E-state index in [-0.39, 0.29) is 11.5 Å². The van der Waals surface area contributed by atoms with Gasteiger partial charge >= 0.3 is 0 Å². The molecule has 1 aliphatic carbocycles. The Hall–Kier alpha value is -2.17. The molecule has 5 rings (SSSR count). The number of hydrogen-bond donors (Lipinski definition) is 0. The van der Waals surface area contributed by atoms with Crippen LogP contribution in [0.4, 0.5) is 0 Å². The average molecular weight is 394 g/mol. The van der Waals surface area contributed by atoms with Crippen LogP contribution in [0.5, 0.6) is 0 Å². The number of benzene rings is 1. The fourth-order valence-electron chi connectivity index (χ4n) is 5.77. The Morgan fingerprint density at radius 2 is 1.76 bits per heavy atom. The summed E-state index contributed by atoms with van der Waals surface area (Å²) >= 11 is 0. The van der Waals surface area contributed by atoms with Crippen LogP contribution in [0.25, 0.3) is 10.9 Å². The standard InChI is InChI=1S/C24H31N3O2/c28-23(26-15-7-9-17-8-4-5-10-21(17)26)18-12-13-19-20(16-18)25-22-11-3-1-2-6-14-27(22)24(19)29/h12-13,16-17,21H,1-11,14-15H2/t17-,21-/m1/s1. The van der Waals surface area contributed by atoms with Gasteiger partial charge in [-0.15, -0.1) is 0 Å². The number of carbonyl (C=O) groups excluding carboxylic acids is 1. The number of nitrogens with zero attached hydrogens (tertiary/aromatic N) is 3. The maximum absolute atomic E-state index is 13.4. The summed E-state index contributed by atoms with van der Waals surface area (Å²) in [6, 6.07) is 5.93. The second-order valence-electron chi connectivity index (χ2n) is 9.13. The smallest absolute Gasteiger partial charge is 0.261 e. The first-order valence-corrected chi connectivity index (χ1v) is 11.6. The van der Waals surface area contributed by atoms with E-state index >= 15 is 0 Å². The number of piperidine rings is 1. The van der Waals surface area contributed by atoms with E-state index in [1.165, 1.54) is 38.5 Å². The lowest BCUT2D eigenvalue weighted by Crippen LogP contribution is -2.49. The van der Waals surface area contributed by atoms with Crippen LogP contribution in [0.1, 0.15) is 80.4 Å². The lowest BCUT2D eigenvalue weighted by Gasteiger charge is -2.44. The number of likely N-dealkylation sites (tertiary alicyclic amines) is 1. The zero-order valence-electron chi connectivity index (χ0n) is 17.2. The Morgan fingerprint density at radius 3 is 2.69 bits per heavy atom. The summed E-state index contributed by atoms with van der Waals surface area (Å²) in [4.78, 5) is 33.4. The summed E-state index contributed by atoms with van der Waals surface area (Å²) in [6.07, 6.45) is 12.6. The summed E-state index contributed by atoms with van der Waals surface area (Å²) in [5.74, 6) is 1.68. The van der Waals surface area contributed by atoms with Crippen molar-refractivity contribution in [2.24, 2.45) is 5.92 Å². The molecule has 0 bridgehead atoms. The van der Waals surface area contributed by atoms with E-state index in [9.17, 15) is 9.59 Å². The van der Waals surface area contributed by atoms with Crippen molar-refractivity contribution in [1.82, 2.24) is 14.5 Å². The van der Waals surface area contributed by atoms with Crippen LogP contribution in [0, 0.1) is 5.92 Å². The lowest BCUT2D eigenvalue weighted by molar-refractivity contribution is 0.0391. The first kappa shape index (κ1) is 18.8. The van der Waals surface area contributed by atoms with Crippen molar-refractivity contribution in [3.8, 4) is 0 Å².